The number of ketones is 2. The molecule has 0 aromatic carbocycles. The number of nitrogens with zero attached hydrogens (tertiary/aromatic N) is 4. The van der Waals surface area contributed by atoms with Gasteiger partial charge >= 0.3 is 0 Å². The van der Waals surface area contributed by atoms with Gasteiger partial charge in [0.1, 0.15) is 11.6 Å². The highest BCUT2D eigenvalue weighted by Crippen LogP contribution is 2.35. The summed E-state index contributed by atoms with van der Waals surface area (Å²) in [5, 5.41) is 42.7. The molecule has 348 valence electrons. The number of piperidine rings is 3. The fraction of sp³-hybridized carbons (Fsp3) is 0.909. The van der Waals surface area contributed by atoms with Gasteiger partial charge in [-0.15, -0.1) is 12.1 Å². The number of guanidine groups is 2. The first-order valence-electron chi connectivity index (χ1n) is 23.5. The van der Waals surface area contributed by atoms with Gasteiger partial charge < -0.3 is 64.3 Å². The lowest BCUT2D eigenvalue weighted by Gasteiger charge is -2.36. The van der Waals surface area contributed by atoms with E-state index < -0.39 is 0 Å². The second-order valence-corrected chi connectivity index (χ2v) is 19.0. The summed E-state index contributed by atoms with van der Waals surface area (Å²) in [6.45, 7) is 15.6. The van der Waals surface area contributed by atoms with E-state index in [1.807, 2.05) is 23.6 Å². The van der Waals surface area contributed by atoms with Crippen molar-refractivity contribution >= 4 is 23.5 Å². The molecule has 6 atom stereocenters. The van der Waals surface area contributed by atoms with Gasteiger partial charge in [0.2, 0.25) is 0 Å². The molecule has 0 bridgehead atoms. The molecule has 0 aromatic heterocycles. The van der Waals surface area contributed by atoms with Gasteiger partial charge in [-0.2, -0.15) is 0 Å². The highest BCUT2D eigenvalue weighted by atomic mass is 16.5. The number of hydroxylamine groups is 4. The average molecular weight is 845 g/mol. The predicted molar refractivity (Wildman–Crippen MR) is 244 cm³/mol. The number of nitrogens with one attached hydrogen (secondary N) is 5. The molecule has 16 nitrogen and oxygen atoms in total. The molecule has 0 amide bonds. The van der Waals surface area contributed by atoms with Crippen LogP contribution in [0.4, 0.5) is 0 Å². The molecule has 4 unspecified atom stereocenters. The largest absolute Gasteiger partial charge is 0.785 e. The van der Waals surface area contributed by atoms with Crippen LogP contribution in [0.15, 0.2) is 0 Å². The van der Waals surface area contributed by atoms with Crippen molar-refractivity contribution in [2.24, 2.45) is 58.6 Å². The summed E-state index contributed by atoms with van der Waals surface area (Å²) in [6, 6.07) is -0.625. The molecular formula is C44H84N12O4-4. The first-order chi connectivity index (χ1) is 28.5. The monoisotopic (exact) mass is 845 g/mol. The SMILES string of the molecule is CC(CC(=O)[C@@H]1CCCN1[O-])C1CCC(CN)CC1.CC(CC(=O)[C@@H]1CCCN1[O-])C1CCNCC1.CC([NH-])C1CCN(C(=N)N)CC1.CC([NH-])C1CCN(C(=N)N)CC1. The summed E-state index contributed by atoms with van der Waals surface area (Å²) in [7, 11) is 0. The zero-order valence-electron chi connectivity index (χ0n) is 37.7. The number of rotatable bonds is 11. The molecule has 5 aliphatic heterocycles. The van der Waals surface area contributed by atoms with E-state index in [0.717, 1.165) is 107 Å². The van der Waals surface area contributed by atoms with Crippen molar-refractivity contribution in [1.29, 1.82) is 10.8 Å². The Bertz CT molecular complexity index is 1220. The predicted octanol–water partition coefficient (Wildman–Crippen LogP) is 5.92. The summed E-state index contributed by atoms with van der Waals surface area (Å²) >= 11 is 0. The fourth-order valence-electron chi connectivity index (χ4n) is 10.1. The van der Waals surface area contributed by atoms with Crippen molar-refractivity contribution in [3.8, 4) is 0 Å². The lowest BCUT2D eigenvalue weighted by molar-refractivity contribution is -0.124. The molecule has 5 saturated heterocycles. The molecule has 1 aliphatic carbocycles. The van der Waals surface area contributed by atoms with Gasteiger partial charge in [0.05, 0.1) is 12.1 Å². The third-order valence-electron chi connectivity index (χ3n) is 14.6. The van der Waals surface area contributed by atoms with Gasteiger partial charge in [-0.05, 0) is 152 Å². The molecule has 1 saturated carbocycles. The molecule has 5 heterocycles. The van der Waals surface area contributed by atoms with Crippen LogP contribution in [0.25, 0.3) is 11.5 Å². The Kier molecular flexibility index (Phi) is 23.3. The quantitative estimate of drug-likeness (QED) is 0.104. The number of nitrogens with two attached hydrogens (primary N) is 3. The Morgan fingerprint density at radius 1 is 0.600 bits per heavy atom. The molecule has 0 aromatic rings. The van der Waals surface area contributed by atoms with Crippen molar-refractivity contribution in [2.75, 3.05) is 58.9 Å². The summed E-state index contributed by atoms with van der Waals surface area (Å²) in [6.07, 6.45) is 15.6. The Labute approximate surface area is 362 Å². The molecule has 6 aliphatic rings. The van der Waals surface area contributed by atoms with Gasteiger partial charge in [-0.3, -0.25) is 20.4 Å². The van der Waals surface area contributed by atoms with Crippen molar-refractivity contribution in [2.45, 2.75) is 155 Å². The van der Waals surface area contributed by atoms with Crippen LogP contribution in [0, 0.1) is 62.7 Å². The average Bonchev–Trinajstić information content (AvgIpc) is 3.89. The van der Waals surface area contributed by atoms with Gasteiger partial charge in [0.15, 0.2) is 11.9 Å². The van der Waals surface area contributed by atoms with Crippen LogP contribution in [0.5, 0.6) is 0 Å². The summed E-state index contributed by atoms with van der Waals surface area (Å²) < 4.78 is 0. The van der Waals surface area contributed by atoms with Gasteiger partial charge in [0.25, 0.3) is 0 Å². The van der Waals surface area contributed by atoms with E-state index >= 15 is 0 Å². The molecule has 16 heteroatoms. The van der Waals surface area contributed by atoms with Crippen LogP contribution >= 0.6 is 0 Å². The molecule has 60 heavy (non-hydrogen) atoms. The Hall–Kier alpha value is -2.44. The van der Waals surface area contributed by atoms with Crippen molar-refractivity contribution < 1.29 is 9.59 Å². The first kappa shape index (κ1) is 51.9. The number of hydrogen-bond acceptors (Lipinski definition) is 10. The lowest BCUT2D eigenvalue weighted by Crippen LogP contribution is -2.43. The molecule has 0 radical (unpaired) electrons. The Morgan fingerprint density at radius 2 is 0.967 bits per heavy atom. The number of carbonyl (C=O) groups excluding carboxylic acids is 2. The molecule has 6 fully saturated rings. The maximum atomic E-state index is 12.2. The minimum atomic E-state index is -0.345. The van der Waals surface area contributed by atoms with Gasteiger partial charge in [-0.25, -0.2) is 0 Å². The van der Waals surface area contributed by atoms with Crippen LogP contribution in [0.3, 0.4) is 0 Å². The number of Topliss-reactive ketones (excluding diaryl/α,β-unsaturated/α-hetero) is 2. The van der Waals surface area contributed by atoms with Crippen molar-refractivity contribution in [3.05, 3.63) is 21.9 Å². The van der Waals surface area contributed by atoms with Gasteiger partial charge in [-0.1, -0.05) is 39.5 Å². The standard InChI is InChI=1S/C15H27N2O2.C13H23N2O2.2C8H17N4/c1-11(13-6-4-12(10-16)5-7-13)9-15(18)14-3-2-8-17(14)19;1-10(11-4-6-14-7-5-11)9-13(16)12-3-2-8-15(12)17;2*1-6(9)7-2-4-12(5-3-7)8(10)11/h11-14H,2-10,16H2,1H3;10-12,14H,2-9H2,1H3;2*6-7,9H,2-5H2,1H3,(H3,10,11)/q4*-1/t11?,12?,13?,14-;10?,12-;;/m00../s1. The molecule has 6 rings (SSSR count). The zero-order valence-corrected chi connectivity index (χ0v) is 37.7. The normalized spacial score (nSPS) is 28.1. The number of likely N-dealkylation sites (tertiary alicyclic amines) is 2. The lowest BCUT2D eigenvalue weighted by atomic mass is 9.74. The minimum absolute atomic E-state index is 0.0270. The maximum absolute atomic E-state index is 12.2. The highest BCUT2D eigenvalue weighted by molar-refractivity contribution is 5.85. The van der Waals surface area contributed by atoms with Crippen LogP contribution in [0.2, 0.25) is 0 Å². The highest BCUT2D eigenvalue weighted by Gasteiger charge is 2.31. The van der Waals surface area contributed by atoms with E-state index in [9.17, 15) is 20.0 Å². The van der Waals surface area contributed by atoms with Crippen molar-refractivity contribution in [1.82, 2.24) is 25.2 Å². The van der Waals surface area contributed by atoms with Crippen LogP contribution < -0.4 is 22.5 Å². The second kappa shape index (κ2) is 26.9. The fourth-order valence-corrected chi connectivity index (χ4v) is 10.1. The number of hydrogen-bond donors (Lipinski definition) is 6. The van der Waals surface area contributed by atoms with E-state index in [0.29, 0.717) is 67.4 Å². The van der Waals surface area contributed by atoms with Crippen LogP contribution in [-0.4, -0.2) is 126 Å². The van der Waals surface area contributed by atoms with Gasteiger partial charge in [0, 0.05) is 39.0 Å². The summed E-state index contributed by atoms with van der Waals surface area (Å²) in [5.41, 5.74) is 31.5. The topological polar surface area (TPSA) is 279 Å². The molecule has 11 N–H and O–H groups in total. The summed E-state index contributed by atoms with van der Waals surface area (Å²) in [4.78, 5) is 28.0. The molecular weight excluding hydrogens is 761 g/mol. The third kappa shape index (κ3) is 17.4. The number of carbonyl (C=O) groups is 2. The summed E-state index contributed by atoms with van der Waals surface area (Å²) in [5.74, 6) is 4.52. The van der Waals surface area contributed by atoms with Crippen LogP contribution in [-0.2, 0) is 9.59 Å². The third-order valence-corrected chi connectivity index (χ3v) is 14.6. The van der Waals surface area contributed by atoms with E-state index in [4.69, 9.17) is 39.5 Å². The van der Waals surface area contributed by atoms with E-state index in [1.165, 1.54) is 38.5 Å². The smallest absolute Gasteiger partial charge is 0.188 e. The van der Waals surface area contributed by atoms with E-state index in [2.05, 4.69) is 19.2 Å². The van der Waals surface area contributed by atoms with Crippen LogP contribution in [0.1, 0.15) is 130 Å². The minimum Gasteiger partial charge on any atom is -0.785 e. The Morgan fingerprint density at radius 3 is 1.27 bits per heavy atom. The van der Waals surface area contributed by atoms with E-state index in [-0.39, 0.29) is 47.7 Å². The van der Waals surface area contributed by atoms with E-state index in [1.54, 1.807) is 0 Å². The van der Waals surface area contributed by atoms with Crippen molar-refractivity contribution in [3.63, 3.8) is 0 Å². The molecule has 0 spiro atoms. The maximum Gasteiger partial charge on any atom is 0.188 e. The second-order valence-electron chi connectivity index (χ2n) is 19.0. The first-order valence-corrected chi connectivity index (χ1v) is 23.5. The zero-order chi connectivity index (χ0) is 44.4. The Balaban J connectivity index is 0.000000218.